The maximum Gasteiger partial charge on any atom is 0.255 e. The van der Waals surface area contributed by atoms with Gasteiger partial charge in [0.1, 0.15) is 5.82 Å². The van der Waals surface area contributed by atoms with Crippen LogP contribution in [0.5, 0.6) is 0 Å². The third-order valence-corrected chi connectivity index (χ3v) is 3.73. The van der Waals surface area contributed by atoms with Crippen molar-refractivity contribution >= 4 is 34.8 Å². The van der Waals surface area contributed by atoms with E-state index in [1.165, 1.54) is 17.0 Å². The Bertz CT molecular complexity index is 691. The number of carbonyl (C=O) groups excluding carboxylic acids is 1. The van der Waals surface area contributed by atoms with E-state index < -0.39 is 5.82 Å². The monoisotopic (exact) mass is 326 g/mol. The van der Waals surface area contributed by atoms with Crippen LogP contribution in [0.25, 0.3) is 0 Å². The molecule has 3 nitrogen and oxygen atoms in total. The fourth-order valence-electron chi connectivity index (χ4n) is 1.92. The molecule has 0 saturated carbocycles. The standard InChI is InChI=1S/C15H13Cl2FN2O/c1-20(8-9-2-5-12(16)13(17)6-9)15(21)11-4-3-10(18)7-14(11)19/h2-7H,8,19H2,1H3. The number of nitrogens with zero attached hydrogens (tertiary/aromatic N) is 1. The largest absolute Gasteiger partial charge is 0.398 e. The van der Waals surface area contributed by atoms with Gasteiger partial charge in [-0.1, -0.05) is 29.3 Å². The molecule has 2 N–H and O–H groups in total. The summed E-state index contributed by atoms with van der Waals surface area (Å²) < 4.78 is 13.0. The highest BCUT2D eigenvalue weighted by molar-refractivity contribution is 6.42. The summed E-state index contributed by atoms with van der Waals surface area (Å²) >= 11 is 11.8. The smallest absolute Gasteiger partial charge is 0.255 e. The molecule has 0 aliphatic carbocycles. The summed E-state index contributed by atoms with van der Waals surface area (Å²) in [5, 5.41) is 0.883. The van der Waals surface area contributed by atoms with Gasteiger partial charge < -0.3 is 10.6 Å². The molecule has 0 spiro atoms. The maximum atomic E-state index is 13.0. The fraction of sp³-hybridized carbons (Fsp3) is 0.133. The molecule has 0 atom stereocenters. The molecule has 2 aromatic carbocycles. The lowest BCUT2D eigenvalue weighted by atomic mass is 10.1. The normalized spacial score (nSPS) is 10.5. The third kappa shape index (κ3) is 3.65. The molecule has 0 saturated heterocycles. The summed E-state index contributed by atoms with van der Waals surface area (Å²) in [5.41, 5.74) is 6.88. The van der Waals surface area contributed by atoms with Crippen molar-refractivity contribution in [2.24, 2.45) is 0 Å². The predicted molar refractivity (Wildman–Crippen MR) is 83.1 cm³/mol. The second kappa shape index (κ2) is 6.33. The highest BCUT2D eigenvalue weighted by atomic mass is 35.5. The molecule has 2 aromatic rings. The van der Waals surface area contributed by atoms with Gasteiger partial charge in [0.15, 0.2) is 0 Å². The Morgan fingerprint density at radius 3 is 2.52 bits per heavy atom. The first-order chi connectivity index (χ1) is 9.88. The van der Waals surface area contributed by atoms with Crippen molar-refractivity contribution in [2.75, 3.05) is 12.8 Å². The van der Waals surface area contributed by atoms with Crippen LogP contribution in [0.4, 0.5) is 10.1 Å². The summed E-state index contributed by atoms with van der Waals surface area (Å²) in [6.07, 6.45) is 0. The number of hydrogen-bond donors (Lipinski definition) is 1. The van der Waals surface area contributed by atoms with Gasteiger partial charge in [-0.3, -0.25) is 4.79 Å². The van der Waals surface area contributed by atoms with Gasteiger partial charge in [-0.05, 0) is 35.9 Å². The van der Waals surface area contributed by atoms with Crippen LogP contribution in [0.3, 0.4) is 0 Å². The number of nitrogens with two attached hydrogens (primary N) is 1. The number of carbonyl (C=O) groups is 1. The van der Waals surface area contributed by atoms with Crippen LogP contribution in [0, 0.1) is 5.82 Å². The zero-order valence-electron chi connectivity index (χ0n) is 11.2. The van der Waals surface area contributed by atoms with Gasteiger partial charge in [0.2, 0.25) is 0 Å². The van der Waals surface area contributed by atoms with Crippen molar-refractivity contribution in [1.29, 1.82) is 0 Å². The van der Waals surface area contributed by atoms with Gasteiger partial charge in [0, 0.05) is 19.3 Å². The van der Waals surface area contributed by atoms with Crippen LogP contribution < -0.4 is 5.73 Å². The van der Waals surface area contributed by atoms with E-state index in [1.807, 2.05) is 0 Å². The van der Waals surface area contributed by atoms with Gasteiger partial charge in [-0.15, -0.1) is 0 Å². The number of halogens is 3. The molecule has 0 radical (unpaired) electrons. The SMILES string of the molecule is CN(Cc1ccc(Cl)c(Cl)c1)C(=O)c1ccc(F)cc1N. The van der Waals surface area contributed by atoms with Crippen LogP contribution in [0.15, 0.2) is 36.4 Å². The Labute approximate surface area is 132 Å². The van der Waals surface area contributed by atoms with E-state index >= 15 is 0 Å². The van der Waals surface area contributed by atoms with Gasteiger partial charge >= 0.3 is 0 Å². The first-order valence-corrected chi connectivity index (χ1v) is 6.88. The lowest BCUT2D eigenvalue weighted by Gasteiger charge is -2.18. The molecule has 2 rings (SSSR count). The Hall–Kier alpha value is -1.78. The lowest BCUT2D eigenvalue weighted by molar-refractivity contribution is 0.0786. The zero-order valence-corrected chi connectivity index (χ0v) is 12.7. The molecule has 6 heteroatoms. The summed E-state index contributed by atoms with van der Waals surface area (Å²) in [5.74, 6) is -0.769. The van der Waals surface area contributed by atoms with E-state index in [4.69, 9.17) is 28.9 Å². The minimum absolute atomic E-state index is 0.112. The molecular weight excluding hydrogens is 314 g/mol. The molecule has 0 fully saturated rings. The number of rotatable bonds is 3. The third-order valence-electron chi connectivity index (χ3n) is 2.99. The number of hydrogen-bond acceptors (Lipinski definition) is 2. The van der Waals surface area contributed by atoms with E-state index in [0.717, 1.165) is 11.6 Å². The Morgan fingerprint density at radius 2 is 1.90 bits per heavy atom. The Balaban J connectivity index is 2.17. The van der Waals surface area contributed by atoms with Crippen molar-refractivity contribution in [3.05, 3.63) is 63.4 Å². The molecular formula is C15H13Cl2FN2O. The maximum absolute atomic E-state index is 13.0. The van der Waals surface area contributed by atoms with Crippen LogP contribution in [-0.4, -0.2) is 17.9 Å². The van der Waals surface area contributed by atoms with Crippen LogP contribution in [0.2, 0.25) is 10.0 Å². The lowest BCUT2D eigenvalue weighted by Crippen LogP contribution is -2.27. The summed E-state index contributed by atoms with van der Waals surface area (Å²) in [7, 11) is 1.63. The fourth-order valence-corrected chi connectivity index (χ4v) is 2.24. The zero-order chi connectivity index (χ0) is 15.6. The van der Waals surface area contributed by atoms with Crippen LogP contribution in [-0.2, 0) is 6.54 Å². The van der Waals surface area contributed by atoms with Crippen molar-refractivity contribution < 1.29 is 9.18 Å². The van der Waals surface area contributed by atoms with E-state index in [0.29, 0.717) is 16.6 Å². The molecule has 21 heavy (non-hydrogen) atoms. The van der Waals surface area contributed by atoms with E-state index in [9.17, 15) is 9.18 Å². The van der Waals surface area contributed by atoms with Crippen molar-refractivity contribution in [3.63, 3.8) is 0 Å². The molecule has 0 aliphatic rings. The van der Waals surface area contributed by atoms with E-state index in [-0.39, 0.29) is 17.2 Å². The minimum Gasteiger partial charge on any atom is -0.398 e. The molecule has 0 aromatic heterocycles. The number of anilines is 1. The average Bonchev–Trinajstić information content (AvgIpc) is 2.42. The van der Waals surface area contributed by atoms with Crippen molar-refractivity contribution in [2.45, 2.75) is 6.54 Å². The van der Waals surface area contributed by atoms with Gasteiger partial charge in [-0.2, -0.15) is 0 Å². The molecule has 0 bridgehead atoms. The van der Waals surface area contributed by atoms with Crippen molar-refractivity contribution in [3.8, 4) is 0 Å². The Morgan fingerprint density at radius 1 is 1.19 bits per heavy atom. The second-order valence-electron chi connectivity index (χ2n) is 4.64. The first kappa shape index (κ1) is 15.6. The highest BCUT2D eigenvalue weighted by Crippen LogP contribution is 2.23. The van der Waals surface area contributed by atoms with E-state index in [2.05, 4.69) is 0 Å². The number of nitrogen functional groups attached to an aromatic ring is 1. The Kier molecular flexibility index (Phi) is 4.70. The minimum atomic E-state index is -0.476. The molecule has 0 aliphatic heterocycles. The van der Waals surface area contributed by atoms with Gasteiger partial charge in [0.05, 0.1) is 15.6 Å². The number of amides is 1. The summed E-state index contributed by atoms with van der Waals surface area (Å²) in [6.45, 7) is 0.340. The van der Waals surface area contributed by atoms with Crippen molar-refractivity contribution in [1.82, 2.24) is 4.90 Å². The number of benzene rings is 2. The second-order valence-corrected chi connectivity index (χ2v) is 5.46. The molecule has 0 heterocycles. The average molecular weight is 327 g/mol. The van der Waals surface area contributed by atoms with E-state index in [1.54, 1.807) is 25.2 Å². The molecule has 110 valence electrons. The summed E-state index contributed by atoms with van der Waals surface area (Å²) in [6, 6.07) is 8.85. The first-order valence-electron chi connectivity index (χ1n) is 6.13. The predicted octanol–water partition coefficient (Wildman–Crippen LogP) is 3.99. The molecule has 1 amide bonds. The quantitative estimate of drug-likeness (QED) is 0.867. The highest BCUT2D eigenvalue weighted by Gasteiger charge is 2.15. The topological polar surface area (TPSA) is 46.3 Å². The van der Waals surface area contributed by atoms with Gasteiger partial charge in [0.25, 0.3) is 5.91 Å². The summed E-state index contributed by atoms with van der Waals surface area (Å²) in [4.78, 5) is 13.8. The van der Waals surface area contributed by atoms with Crippen LogP contribution in [0.1, 0.15) is 15.9 Å². The molecule has 0 unspecified atom stereocenters. The van der Waals surface area contributed by atoms with Gasteiger partial charge in [-0.25, -0.2) is 4.39 Å². The van der Waals surface area contributed by atoms with Crippen LogP contribution >= 0.6 is 23.2 Å².